The largest absolute Gasteiger partial charge is 0.416 e. The second-order valence-electron chi connectivity index (χ2n) is 7.11. The Morgan fingerprint density at radius 1 is 1.17 bits per heavy atom. The Morgan fingerprint density at radius 2 is 1.86 bits per heavy atom. The lowest BCUT2D eigenvalue weighted by atomic mass is 10.1. The molecule has 0 spiro atoms. The van der Waals surface area contributed by atoms with Gasteiger partial charge in [0.05, 0.1) is 22.3 Å². The third-order valence-corrected chi connectivity index (χ3v) is 7.09. The summed E-state index contributed by atoms with van der Waals surface area (Å²) < 4.78 is 70.6. The van der Waals surface area contributed by atoms with Gasteiger partial charge in [0.15, 0.2) is 0 Å². The van der Waals surface area contributed by atoms with Gasteiger partial charge >= 0.3 is 6.18 Å². The third kappa shape index (κ3) is 5.17. The Bertz CT molecular complexity index is 848. The first-order chi connectivity index (χ1) is 13.6. The molecule has 0 N–H and O–H groups in total. The first-order valence-electron chi connectivity index (χ1n) is 9.28. The zero-order valence-electron chi connectivity index (χ0n) is 15.6. The predicted octanol–water partition coefficient (Wildman–Crippen LogP) is 2.63. The number of ether oxygens (including phenoxy) is 1. The van der Waals surface area contributed by atoms with E-state index in [4.69, 9.17) is 4.74 Å². The topological polar surface area (TPSA) is 93.0 Å². The van der Waals surface area contributed by atoms with Crippen LogP contribution in [0.4, 0.5) is 24.5 Å². The Kier molecular flexibility index (Phi) is 6.34. The van der Waals surface area contributed by atoms with Crippen LogP contribution in [0.2, 0.25) is 0 Å². The Morgan fingerprint density at radius 3 is 2.41 bits per heavy atom. The van der Waals surface area contributed by atoms with E-state index < -0.39 is 32.4 Å². The monoisotopic (exact) mass is 437 g/mol. The average Bonchev–Trinajstić information content (AvgIpc) is 2.67. The van der Waals surface area contributed by atoms with Crippen molar-refractivity contribution in [3.05, 3.63) is 33.9 Å². The van der Waals surface area contributed by atoms with Crippen LogP contribution in [0.5, 0.6) is 0 Å². The molecule has 1 unspecified atom stereocenters. The first kappa shape index (κ1) is 21.8. The SMILES string of the molecule is O=[N+]([O-])c1cc(C(F)(F)F)ccc1N1CCN(S(=O)(=O)CC2CCCCO2)CC1. The molecular formula is C17H22F3N3O5S. The zero-order chi connectivity index (χ0) is 21.2. The van der Waals surface area contributed by atoms with Gasteiger partial charge in [0.1, 0.15) is 5.69 Å². The molecule has 162 valence electrons. The number of piperazine rings is 1. The second-order valence-corrected chi connectivity index (χ2v) is 9.13. The smallest absolute Gasteiger partial charge is 0.377 e. The molecule has 1 aromatic carbocycles. The molecule has 1 atom stereocenters. The number of alkyl halides is 3. The lowest BCUT2D eigenvalue weighted by Crippen LogP contribution is -2.50. The summed E-state index contributed by atoms with van der Waals surface area (Å²) in [6, 6.07) is 2.38. The zero-order valence-corrected chi connectivity index (χ0v) is 16.4. The van der Waals surface area contributed by atoms with Crippen LogP contribution < -0.4 is 4.90 Å². The van der Waals surface area contributed by atoms with Crippen LogP contribution in [0.25, 0.3) is 0 Å². The molecule has 0 radical (unpaired) electrons. The highest BCUT2D eigenvalue weighted by molar-refractivity contribution is 7.89. The van der Waals surface area contributed by atoms with E-state index in [-0.39, 0.29) is 43.7 Å². The van der Waals surface area contributed by atoms with Crippen LogP contribution in [-0.2, 0) is 20.9 Å². The number of sulfonamides is 1. The van der Waals surface area contributed by atoms with E-state index in [1.54, 1.807) is 4.90 Å². The van der Waals surface area contributed by atoms with E-state index in [2.05, 4.69) is 0 Å². The van der Waals surface area contributed by atoms with Gasteiger partial charge < -0.3 is 9.64 Å². The summed E-state index contributed by atoms with van der Waals surface area (Å²) >= 11 is 0. The highest BCUT2D eigenvalue weighted by Gasteiger charge is 2.35. The van der Waals surface area contributed by atoms with Crippen LogP contribution >= 0.6 is 0 Å². The Labute approximate surface area is 166 Å². The second kappa shape index (κ2) is 8.44. The number of nitrogens with zero attached hydrogens (tertiary/aromatic N) is 3. The number of hydrogen-bond donors (Lipinski definition) is 0. The van der Waals surface area contributed by atoms with Crippen molar-refractivity contribution >= 4 is 21.4 Å². The molecule has 12 heteroatoms. The maximum Gasteiger partial charge on any atom is 0.416 e. The molecule has 29 heavy (non-hydrogen) atoms. The maximum absolute atomic E-state index is 12.9. The quantitative estimate of drug-likeness (QED) is 0.519. The van der Waals surface area contributed by atoms with E-state index in [0.717, 1.165) is 25.0 Å². The fourth-order valence-corrected chi connectivity index (χ4v) is 5.26. The molecule has 8 nitrogen and oxygen atoms in total. The summed E-state index contributed by atoms with van der Waals surface area (Å²) in [4.78, 5) is 12.0. The van der Waals surface area contributed by atoms with Crippen molar-refractivity contribution in [2.24, 2.45) is 0 Å². The van der Waals surface area contributed by atoms with Crippen molar-refractivity contribution in [3.8, 4) is 0 Å². The highest BCUT2D eigenvalue weighted by atomic mass is 32.2. The number of nitro groups is 1. The molecule has 0 bridgehead atoms. The van der Waals surface area contributed by atoms with E-state index in [9.17, 15) is 31.7 Å². The standard InChI is InChI=1S/C17H22F3N3O5S/c18-17(19,20)13-4-5-15(16(11-13)23(24)25)21-6-8-22(9-7-21)29(26,27)12-14-3-1-2-10-28-14/h4-5,11,14H,1-3,6-10,12H2. The van der Waals surface area contributed by atoms with Gasteiger partial charge in [-0.05, 0) is 31.4 Å². The minimum absolute atomic E-state index is 0.0515. The third-order valence-electron chi connectivity index (χ3n) is 5.14. The minimum Gasteiger partial charge on any atom is -0.377 e. The van der Waals surface area contributed by atoms with Gasteiger partial charge in [-0.1, -0.05) is 0 Å². The lowest BCUT2D eigenvalue weighted by molar-refractivity contribution is -0.384. The summed E-state index contributed by atoms with van der Waals surface area (Å²) in [6.45, 7) is 1.06. The van der Waals surface area contributed by atoms with Gasteiger partial charge in [-0.15, -0.1) is 0 Å². The molecule has 3 rings (SSSR count). The van der Waals surface area contributed by atoms with E-state index >= 15 is 0 Å². The van der Waals surface area contributed by atoms with Crippen LogP contribution in [0, 0.1) is 10.1 Å². The van der Waals surface area contributed by atoms with Crippen LogP contribution in [0.15, 0.2) is 18.2 Å². The molecule has 2 fully saturated rings. The summed E-state index contributed by atoms with van der Waals surface area (Å²) in [6.07, 6.45) is -2.48. The van der Waals surface area contributed by atoms with Gasteiger partial charge in [-0.25, -0.2) is 8.42 Å². The van der Waals surface area contributed by atoms with Gasteiger partial charge in [0.2, 0.25) is 10.0 Å². The molecule has 2 aliphatic rings. The summed E-state index contributed by atoms with van der Waals surface area (Å²) in [7, 11) is -3.54. The number of anilines is 1. The van der Waals surface area contributed by atoms with Gasteiger partial charge in [-0.3, -0.25) is 10.1 Å². The van der Waals surface area contributed by atoms with Crippen LogP contribution in [-0.4, -0.2) is 62.3 Å². The maximum atomic E-state index is 12.9. The minimum atomic E-state index is -4.68. The molecule has 0 aromatic heterocycles. The summed E-state index contributed by atoms with van der Waals surface area (Å²) in [5.41, 5.74) is -1.69. The van der Waals surface area contributed by atoms with Crippen molar-refractivity contribution in [2.75, 3.05) is 43.4 Å². The van der Waals surface area contributed by atoms with E-state index in [1.807, 2.05) is 0 Å². The molecule has 0 amide bonds. The van der Waals surface area contributed by atoms with Gasteiger partial charge in [0.25, 0.3) is 5.69 Å². The molecule has 0 saturated carbocycles. The van der Waals surface area contributed by atoms with Crippen molar-refractivity contribution in [3.63, 3.8) is 0 Å². The molecular weight excluding hydrogens is 415 g/mol. The summed E-state index contributed by atoms with van der Waals surface area (Å²) in [5, 5.41) is 11.3. The number of rotatable bonds is 5. The van der Waals surface area contributed by atoms with Gasteiger partial charge in [0, 0.05) is 38.9 Å². The Balaban J connectivity index is 1.69. The van der Waals surface area contributed by atoms with Gasteiger partial charge in [-0.2, -0.15) is 17.5 Å². The highest BCUT2D eigenvalue weighted by Crippen LogP contribution is 2.36. The molecule has 2 aliphatic heterocycles. The number of halogens is 3. The average molecular weight is 437 g/mol. The van der Waals surface area contributed by atoms with Crippen molar-refractivity contribution in [2.45, 2.75) is 31.5 Å². The van der Waals surface area contributed by atoms with Crippen LogP contribution in [0.3, 0.4) is 0 Å². The number of benzene rings is 1. The summed E-state index contributed by atoms with van der Waals surface area (Å²) in [5.74, 6) is -0.104. The normalized spacial score (nSPS) is 21.9. The van der Waals surface area contributed by atoms with E-state index in [0.29, 0.717) is 19.1 Å². The van der Waals surface area contributed by atoms with E-state index in [1.165, 1.54) is 4.31 Å². The predicted molar refractivity (Wildman–Crippen MR) is 99.3 cm³/mol. The number of nitro benzene ring substituents is 1. The Hall–Kier alpha value is -1.92. The fraction of sp³-hybridized carbons (Fsp3) is 0.647. The molecule has 1 aromatic rings. The molecule has 2 heterocycles. The number of hydrogen-bond acceptors (Lipinski definition) is 6. The first-order valence-corrected chi connectivity index (χ1v) is 10.9. The van der Waals surface area contributed by atoms with Crippen molar-refractivity contribution in [1.29, 1.82) is 0 Å². The van der Waals surface area contributed by atoms with Crippen molar-refractivity contribution in [1.82, 2.24) is 4.31 Å². The van der Waals surface area contributed by atoms with Crippen LogP contribution in [0.1, 0.15) is 24.8 Å². The lowest BCUT2D eigenvalue weighted by Gasteiger charge is -2.36. The fourth-order valence-electron chi connectivity index (χ4n) is 3.60. The van der Waals surface area contributed by atoms with Crippen molar-refractivity contribution < 1.29 is 31.2 Å². The molecule has 0 aliphatic carbocycles. The molecule has 2 saturated heterocycles.